The third-order valence-corrected chi connectivity index (χ3v) is 8.67. The van der Waals surface area contributed by atoms with Gasteiger partial charge in [0.05, 0.1) is 23.8 Å². The zero-order valence-corrected chi connectivity index (χ0v) is 22.9. The SMILES string of the molecule is CC(C)c1ccc(CN2CCC3(CCN(C(=O)Cc4cccc5nsnc45)CC3)Oc3ccccc32)cc1. The number of fused-ring (bicyclic) bond motifs is 2. The normalized spacial score (nSPS) is 16.9. The first-order valence-electron chi connectivity index (χ1n) is 13.6. The van der Waals surface area contributed by atoms with Gasteiger partial charge in [-0.3, -0.25) is 4.79 Å². The van der Waals surface area contributed by atoms with Gasteiger partial charge in [-0.25, -0.2) is 0 Å². The molecule has 0 radical (unpaired) electrons. The number of benzene rings is 3. The number of carbonyl (C=O) groups is 1. The highest BCUT2D eigenvalue weighted by atomic mass is 32.1. The van der Waals surface area contributed by atoms with Gasteiger partial charge in [0.2, 0.25) is 5.91 Å². The number of para-hydroxylation sites is 2. The van der Waals surface area contributed by atoms with Gasteiger partial charge in [-0.15, -0.1) is 0 Å². The maximum Gasteiger partial charge on any atom is 0.227 e. The van der Waals surface area contributed by atoms with Gasteiger partial charge >= 0.3 is 0 Å². The van der Waals surface area contributed by atoms with E-state index in [2.05, 4.69) is 76.0 Å². The molecule has 1 amide bonds. The Morgan fingerprint density at radius 3 is 2.50 bits per heavy atom. The number of carbonyl (C=O) groups excluding carboxylic acids is 1. The van der Waals surface area contributed by atoms with E-state index in [-0.39, 0.29) is 11.5 Å². The number of rotatable bonds is 5. The quantitative estimate of drug-likeness (QED) is 0.310. The summed E-state index contributed by atoms with van der Waals surface area (Å²) in [5.41, 5.74) is 6.26. The standard InChI is InChI=1S/C31H34N4O2S/c1-22(2)24-12-10-23(11-13-24)21-35-19-16-31(37-28-9-4-3-8-27(28)35)14-17-34(18-15-31)29(36)20-25-6-5-7-26-30(25)33-38-32-26/h3-13,22H,14-21H2,1-2H3. The van der Waals surface area contributed by atoms with Crippen LogP contribution in [-0.2, 0) is 17.8 Å². The van der Waals surface area contributed by atoms with Gasteiger partial charge in [0, 0.05) is 45.4 Å². The maximum atomic E-state index is 13.2. The van der Waals surface area contributed by atoms with Crippen molar-refractivity contribution in [3.63, 3.8) is 0 Å². The van der Waals surface area contributed by atoms with Crippen LogP contribution in [-0.4, -0.2) is 44.8 Å². The molecule has 3 aromatic carbocycles. The van der Waals surface area contributed by atoms with Crippen LogP contribution < -0.4 is 9.64 Å². The monoisotopic (exact) mass is 526 g/mol. The fourth-order valence-corrected chi connectivity index (χ4v) is 6.30. The molecule has 0 bridgehead atoms. The molecule has 0 N–H and O–H groups in total. The minimum absolute atomic E-state index is 0.154. The number of likely N-dealkylation sites (tertiary alicyclic amines) is 1. The Labute approximate surface area is 228 Å². The Kier molecular flexibility index (Phi) is 6.78. The van der Waals surface area contributed by atoms with Crippen LogP contribution in [0.4, 0.5) is 5.69 Å². The van der Waals surface area contributed by atoms with E-state index in [0.717, 1.165) is 60.4 Å². The molecule has 4 aromatic rings. The Balaban J connectivity index is 1.14. The lowest BCUT2D eigenvalue weighted by atomic mass is 9.87. The number of hydrogen-bond donors (Lipinski definition) is 0. The molecule has 1 spiro atoms. The predicted molar refractivity (Wildman–Crippen MR) is 153 cm³/mol. The summed E-state index contributed by atoms with van der Waals surface area (Å²) in [6, 6.07) is 23.3. The Bertz CT molecular complexity index is 1420. The van der Waals surface area contributed by atoms with E-state index in [4.69, 9.17) is 4.74 Å². The molecular weight excluding hydrogens is 492 g/mol. The minimum Gasteiger partial charge on any atom is -0.485 e. The smallest absolute Gasteiger partial charge is 0.227 e. The topological polar surface area (TPSA) is 58.6 Å². The van der Waals surface area contributed by atoms with Gasteiger partial charge in [-0.1, -0.05) is 62.4 Å². The van der Waals surface area contributed by atoms with Crippen LogP contribution in [0, 0.1) is 0 Å². The summed E-state index contributed by atoms with van der Waals surface area (Å²) in [5.74, 6) is 1.64. The largest absolute Gasteiger partial charge is 0.485 e. The van der Waals surface area contributed by atoms with Crippen molar-refractivity contribution in [2.75, 3.05) is 24.5 Å². The second kappa shape index (κ2) is 10.4. The number of anilines is 1. The van der Waals surface area contributed by atoms with Crippen LogP contribution >= 0.6 is 11.7 Å². The number of amides is 1. The van der Waals surface area contributed by atoms with Gasteiger partial charge in [0.25, 0.3) is 0 Å². The summed E-state index contributed by atoms with van der Waals surface area (Å²) in [7, 11) is 0. The first-order chi connectivity index (χ1) is 18.5. The van der Waals surface area contributed by atoms with E-state index in [1.165, 1.54) is 22.9 Å². The summed E-state index contributed by atoms with van der Waals surface area (Å²) < 4.78 is 15.5. The lowest BCUT2D eigenvalue weighted by Crippen LogP contribution is -2.50. The molecule has 6 rings (SSSR count). The maximum absolute atomic E-state index is 13.2. The van der Waals surface area contributed by atoms with Crippen molar-refractivity contribution in [3.8, 4) is 5.75 Å². The van der Waals surface area contributed by atoms with E-state index in [9.17, 15) is 4.79 Å². The summed E-state index contributed by atoms with van der Waals surface area (Å²) in [4.78, 5) is 17.7. The van der Waals surface area contributed by atoms with Crippen molar-refractivity contribution in [2.24, 2.45) is 0 Å². The van der Waals surface area contributed by atoms with Crippen molar-refractivity contribution in [2.45, 2.75) is 57.6 Å². The Morgan fingerprint density at radius 1 is 0.947 bits per heavy atom. The molecule has 2 aliphatic heterocycles. The summed E-state index contributed by atoms with van der Waals surface area (Å²) in [6.07, 6.45) is 2.99. The van der Waals surface area contributed by atoms with Crippen LogP contribution in [0.15, 0.2) is 66.7 Å². The van der Waals surface area contributed by atoms with Gasteiger partial charge < -0.3 is 14.5 Å². The molecule has 38 heavy (non-hydrogen) atoms. The van der Waals surface area contributed by atoms with Crippen molar-refractivity contribution in [3.05, 3.63) is 83.4 Å². The fraction of sp³-hybridized carbons (Fsp3) is 0.387. The average Bonchev–Trinajstić information content (AvgIpc) is 3.37. The zero-order chi connectivity index (χ0) is 26.1. The second-order valence-corrected chi connectivity index (χ2v) is 11.5. The highest BCUT2D eigenvalue weighted by Crippen LogP contribution is 2.41. The third kappa shape index (κ3) is 4.99. The molecule has 196 valence electrons. The molecule has 2 aliphatic rings. The Morgan fingerprint density at radius 2 is 1.71 bits per heavy atom. The highest BCUT2D eigenvalue weighted by molar-refractivity contribution is 7.00. The molecule has 0 unspecified atom stereocenters. The molecule has 0 aliphatic carbocycles. The van der Waals surface area contributed by atoms with Gasteiger partial charge in [0.1, 0.15) is 22.4 Å². The number of ether oxygens (including phenoxy) is 1. The van der Waals surface area contributed by atoms with Gasteiger partial charge in [0.15, 0.2) is 0 Å². The number of piperidine rings is 1. The van der Waals surface area contributed by atoms with E-state index >= 15 is 0 Å². The first-order valence-corrected chi connectivity index (χ1v) is 14.3. The first kappa shape index (κ1) is 24.9. The van der Waals surface area contributed by atoms with Crippen molar-refractivity contribution >= 4 is 34.4 Å². The van der Waals surface area contributed by atoms with Crippen molar-refractivity contribution < 1.29 is 9.53 Å². The predicted octanol–water partition coefficient (Wildman–Crippen LogP) is 6.21. The van der Waals surface area contributed by atoms with Crippen LogP contribution in [0.25, 0.3) is 11.0 Å². The molecule has 1 fully saturated rings. The van der Waals surface area contributed by atoms with E-state index in [1.54, 1.807) is 0 Å². The van der Waals surface area contributed by atoms with E-state index in [1.807, 2.05) is 23.1 Å². The molecule has 6 nitrogen and oxygen atoms in total. The molecule has 0 atom stereocenters. The average molecular weight is 527 g/mol. The van der Waals surface area contributed by atoms with Crippen LogP contribution in [0.3, 0.4) is 0 Å². The fourth-order valence-electron chi connectivity index (χ4n) is 5.74. The number of hydrogen-bond acceptors (Lipinski definition) is 6. The molecule has 1 saturated heterocycles. The van der Waals surface area contributed by atoms with E-state index in [0.29, 0.717) is 25.4 Å². The summed E-state index contributed by atoms with van der Waals surface area (Å²) in [6.45, 7) is 7.67. The molecule has 0 saturated carbocycles. The third-order valence-electron chi connectivity index (χ3n) is 8.13. The van der Waals surface area contributed by atoms with Crippen LogP contribution in [0.2, 0.25) is 0 Å². The molecular formula is C31H34N4O2S. The number of aromatic nitrogens is 2. The number of nitrogens with zero attached hydrogens (tertiary/aromatic N) is 4. The Hall–Kier alpha value is -3.45. The molecule has 1 aromatic heterocycles. The molecule has 7 heteroatoms. The highest BCUT2D eigenvalue weighted by Gasteiger charge is 2.40. The second-order valence-electron chi connectivity index (χ2n) is 10.9. The van der Waals surface area contributed by atoms with Crippen LogP contribution in [0.1, 0.15) is 55.7 Å². The lowest BCUT2D eigenvalue weighted by Gasteiger charge is -2.41. The summed E-state index contributed by atoms with van der Waals surface area (Å²) >= 11 is 1.20. The lowest BCUT2D eigenvalue weighted by molar-refractivity contribution is -0.134. The minimum atomic E-state index is -0.248. The van der Waals surface area contributed by atoms with Gasteiger partial charge in [-0.2, -0.15) is 8.75 Å². The van der Waals surface area contributed by atoms with Crippen molar-refractivity contribution in [1.29, 1.82) is 0 Å². The van der Waals surface area contributed by atoms with Crippen molar-refractivity contribution in [1.82, 2.24) is 13.6 Å². The zero-order valence-electron chi connectivity index (χ0n) is 22.1. The molecule has 3 heterocycles. The van der Waals surface area contributed by atoms with Crippen LogP contribution in [0.5, 0.6) is 5.75 Å². The van der Waals surface area contributed by atoms with E-state index < -0.39 is 0 Å². The summed E-state index contributed by atoms with van der Waals surface area (Å²) in [5, 5.41) is 0. The van der Waals surface area contributed by atoms with Gasteiger partial charge in [-0.05, 0) is 40.8 Å².